The Balaban J connectivity index is 1.27. The molecule has 1 heterocycles. The van der Waals surface area contributed by atoms with Crippen molar-refractivity contribution in [1.82, 2.24) is 10.2 Å². The van der Waals surface area contributed by atoms with Crippen LogP contribution in [0.3, 0.4) is 0 Å². The van der Waals surface area contributed by atoms with E-state index in [1.807, 2.05) is 85.9 Å². The number of nitrogens with zero attached hydrogens (tertiary/aromatic N) is 2. The number of carbonyl (C=O) groups is 1. The number of aromatic amines is 1. The lowest BCUT2D eigenvalue weighted by molar-refractivity contribution is 0.155. The van der Waals surface area contributed by atoms with Gasteiger partial charge < -0.3 is 9.64 Å². The van der Waals surface area contributed by atoms with E-state index >= 15 is 0 Å². The maximum absolute atomic E-state index is 12.3. The molecule has 0 saturated carbocycles. The van der Waals surface area contributed by atoms with Crippen molar-refractivity contribution in [3.8, 4) is 0 Å². The first-order valence-electron chi connectivity index (χ1n) is 11.7. The fourth-order valence-corrected chi connectivity index (χ4v) is 3.92. The number of hydrogen-bond donors (Lipinski definition) is 2. The van der Waals surface area contributed by atoms with Crippen molar-refractivity contribution in [1.29, 1.82) is 0 Å². The number of H-pyrrole nitrogens is 1. The Labute approximate surface area is 209 Å². The Hall–Kier alpha value is -4.84. The first kappa shape index (κ1) is 22.9. The third-order valence-corrected chi connectivity index (χ3v) is 5.89. The number of ether oxygens (including phenoxy) is 1. The lowest BCUT2D eigenvalue weighted by Crippen LogP contribution is -2.14. The van der Waals surface area contributed by atoms with Crippen LogP contribution < -0.4 is 10.2 Å². The monoisotopic (exact) mass is 474 g/mol. The molecule has 0 aliphatic heterocycles. The highest BCUT2D eigenvalue weighted by Crippen LogP contribution is 2.29. The lowest BCUT2D eigenvalue weighted by Gasteiger charge is -2.20. The molecule has 1 aromatic heterocycles. The zero-order valence-electron chi connectivity index (χ0n) is 19.9. The largest absolute Gasteiger partial charge is 0.444 e. The average molecular weight is 475 g/mol. The first-order valence-corrected chi connectivity index (χ1v) is 11.7. The smallest absolute Gasteiger partial charge is 0.411 e. The Kier molecular flexibility index (Phi) is 6.76. The van der Waals surface area contributed by atoms with Gasteiger partial charge in [0.15, 0.2) is 0 Å². The minimum absolute atomic E-state index is 0.221. The maximum Gasteiger partial charge on any atom is 0.411 e. The van der Waals surface area contributed by atoms with Crippen molar-refractivity contribution in [3.63, 3.8) is 0 Å². The number of benzene rings is 4. The fraction of sp³-hybridized carbons (Fsp3) is 0.0667. The summed E-state index contributed by atoms with van der Waals surface area (Å²) < 4.78 is 5.34. The highest BCUT2D eigenvalue weighted by Gasteiger charge is 2.10. The van der Waals surface area contributed by atoms with E-state index in [0.717, 1.165) is 39.1 Å². The summed E-state index contributed by atoms with van der Waals surface area (Å²) in [5.41, 5.74) is 6.49. The fourth-order valence-electron chi connectivity index (χ4n) is 3.92. The summed E-state index contributed by atoms with van der Waals surface area (Å²) in [4.78, 5) is 14.3. The van der Waals surface area contributed by atoms with Crippen LogP contribution in [0.2, 0.25) is 0 Å². The van der Waals surface area contributed by atoms with Crippen molar-refractivity contribution in [3.05, 3.63) is 120 Å². The van der Waals surface area contributed by atoms with Gasteiger partial charge in [0.1, 0.15) is 6.61 Å². The van der Waals surface area contributed by atoms with E-state index in [4.69, 9.17) is 4.74 Å². The minimum atomic E-state index is -0.492. The van der Waals surface area contributed by atoms with Gasteiger partial charge in [-0.25, -0.2) is 4.79 Å². The normalized spacial score (nSPS) is 11.0. The van der Waals surface area contributed by atoms with Crippen LogP contribution in [0.1, 0.15) is 16.8 Å². The highest BCUT2D eigenvalue weighted by molar-refractivity contribution is 5.92. The minimum Gasteiger partial charge on any atom is -0.444 e. The third-order valence-electron chi connectivity index (χ3n) is 5.89. The summed E-state index contributed by atoms with van der Waals surface area (Å²) in [5, 5.41) is 11.5. The van der Waals surface area contributed by atoms with Gasteiger partial charge >= 0.3 is 6.09 Å². The molecule has 0 saturated heterocycles. The van der Waals surface area contributed by atoms with Gasteiger partial charge in [-0.05, 0) is 53.6 Å². The SMILES string of the molecule is CN(c1cccc(NC(=O)OCc2ccccc2)c1)c1ccc2c(C=Cc3ccccc3)n[nH]c2c1. The summed E-state index contributed by atoms with van der Waals surface area (Å²) >= 11 is 0. The van der Waals surface area contributed by atoms with Gasteiger partial charge in [-0.3, -0.25) is 10.4 Å². The van der Waals surface area contributed by atoms with Crippen LogP contribution in [0, 0.1) is 0 Å². The molecule has 6 nitrogen and oxygen atoms in total. The Bertz CT molecular complexity index is 1490. The van der Waals surface area contributed by atoms with E-state index in [-0.39, 0.29) is 6.61 Å². The second-order valence-electron chi connectivity index (χ2n) is 8.38. The molecule has 0 spiro atoms. The number of aromatic nitrogens is 2. The topological polar surface area (TPSA) is 70.2 Å². The molecule has 36 heavy (non-hydrogen) atoms. The number of nitrogens with one attached hydrogen (secondary N) is 2. The second kappa shape index (κ2) is 10.6. The van der Waals surface area contributed by atoms with Crippen LogP contribution in [0.5, 0.6) is 0 Å². The maximum atomic E-state index is 12.3. The van der Waals surface area contributed by atoms with Gasteiger partial charge in [-0.1, -0.05) is 72.8 Å². The van der Waals surface area contributed by atoms with E-state index in [9.17, 15) is 4.79 Å². The van der Waals surface area contributed by atoms with Crippen LogP contribution in [-0.4, -0.2) is 23.3 Å². The molecule has 6 heteroatoms. The Morgan fingerprint density at radius 2 is 1.64 bits per heavy atom. The summed E-state index contributed by atoms with van der Waals surface area (Å²) in [6, 6.07) is 33.6. The van der Waals surface area contributed by atoms with Crippen molar-refractivity contribution in [2.45, 2.75) is 6.61 Å². The molecule has 0 aliphatic rings. The van der Waals surface area contributed by atoms with Crippen LogP contribution in [0.25, 0.3) is 23.1 Å². The van der Waals surface area contributed by atoms with Crippen molar-refractivity contribution < 1.29 is 9.53 Å². The Morgan fingerprint density at radius 1 is 0.889 bits per heavy atom. The molecule has 0 bridgehead atoms. The number of fused-ring (bicyclic) bond motifs is 1. The van der Waals surface area contributed by atoms with E-state index in [0.29, 0.717) is 5.69 Å². The summed E-state index contributed by atoms with van der Waals surface area (Å²) in [6.07, 6.45) is 3.58. The average Bonchev–Trinajstić information content (AvgIpc) is 3.34. The molecular formula is C30H26N4O2. The first-order chi connectivity index (χ1) is 17.7. The molecule has 0 radical (unpaired) electrons. The van der Waals surface area contributed by atoms with Crippen LogP contribution in [0.15, 0.2) is 103 Å². The molecule has 5 rings (SSSR count). The van der Waals surface area contributed by atoms with Crippen molar-refractivity contribution >= 4 is 46.2 Å². The summed E-state index contributed by atoms with van der Waals surface area (Å²) in [5.74, 6) is 0. The van der Waals surface area contributed by atoms with Gasteiger partial charge in [0.2, 0.25) is 0 Å². The van der Waals surface area contributed by atoms with Gasteiger partial charge in [0.25, 0.3) is 0 Å². The molecule has 0 aliphatic carbocycles. The molecule has 5 aromatic rings. The highest BCUT2D eigenvalue weighted by atomic mass is 16.5. The molecule has 178 valence electrons. The standard InChI is InChI=1S/C30H26N4O2/c1-34(25-14-8-13-24(19-25)31-30(35)36-21-23-11-6-3-7-12-23)26-16-17-27-28(32-33-29(27)20-26)18-15-22-9-4-2-5-10-22/h2-20H,21H2,1H3,(H,31,35)(H,32,33). The number of carbonyl (C=O) groups excluding carboxylic acids is 1. The van der Waals surface area contributed by atoms with E-state index in [2.05, 4.69) is 56.8 Å². The predicted octanol–water partition coefficient (Wildman–Crippen LogP) is 7.25. The molecule has 0 unspecified atom stereocenters. The number of hydrogen-bond acceptors (Lipinski definition) is 4. The molecule has 2 N–H and O–H groups in total. The van der Waals surface area contributed by atoms with Gasteiger partial charge in [0.05, 0.1) is 11.2 Å². The van der Waals surface area contributed by atoms with Gasteiger partial charge in [-0.15, -0.1) is 0 Å². The molecule has 4 aromatic carbocycles. The zero-order chi connectivity index (χ0) is 24.7. The second-order valence-corrected chi connectivity index (χ2v) is 8.38. The number of amides is 1. The lowest BCUT2D eigenvalue weighted by atomic mass is 10.1. The van der Waals surface area contributed by atoms with Gasteiger partial charge in [-0.2, -0.15) is 5.10 Å². The van der Waals surface area contributed by atoms with E-state index in [1.165, 1.54) is 0 Å². The van der Waals surface area contributed by atoms with E-state index < -0.39 is 6.09 Å². The Morgan fingerprint density at radius 3 is 2.44 bits per heavy atom. The van der Waals surface area contributed by atoms with Crippen LogP contribution in [-0.2, 0) is 11.3 Å². The molecular weight excluding hydrogens is 448 g/mol. The molecule has 1 amide bonds. The van der Waals surface area contributed by atoms with Crippen LogP contribution >= 0.6 is 0 Å². The predicted molar refractivity (Wildman–Crippen MR) is 146 cm³/mol. The summed E-state index contributed by atoms with van der Waals surface area (Å²) in [7, 11) is 1.99. The number of rotatable bonds is 7. The van der Waals surface area contributed by atoms with E-state index in [1.54, 1.807) is 0 Å². The van der Waals surface area contributed by atoms with Crippen molar-refractivity contribution in [2.24, 2.45) is 0 Å². The number of anilines is 3. The zero-order valence-corrected chi connectivity index (χ0v) is 19.9. The molecule has 0 fully saturated rings. The summed E-state index contributed by atoms with van der Waals surface area (Å²) in [6.45, 7) is 0.221. The van der Waals surface area contributed by atoms with Gasteiger partial charge in [0, 0.05) is 29.5 Å². The molecule has 0 atom stereocenters. The van der Waals surface area contributed by atoms with Crippen LogP contribution in [0.4, 0.5) is 21.9 Å². The van der Waals surface area contributed by atoms with Crippen molar-refractivity contribution in [2.75, 3.05) is 17.3 Å². The quantitative estimate of drug-likeness (QED) is 0.261. The third kappa shape index (κ3) is 5.45.